The first-order chi connectivity index (χ1) is 9.93. The van der Waals surface area contributed by atoms with Crippen LogP contribution in [0.3, 0.4) is 0 Å². The van der Waals surface area contributed by atoms with Gasteiger partial charge in [0.25, 0.3) is 0 Å². The predicted molar refractivity (Wildman–Crippen MR) is 78.0 cm³/mol. The van der Waals surface area contributed by atoms with Crippen molar-refractivity contribution in [2.24, 2.45) is 0 Å². The number of aromatic nitrogens is 2. The third kappa shape index (κ3) is 2.95. The van der Waals surface area contributed by atoms with E-state index in [9.17, 15) is 13.2 Å². The molecule has 1 heterocycles. The van der Waals surface area contributed by atoms with Crippen LogP contribution in [0.2, 0.25) is 0 Å². The minimum Gasteiger partial charge on any atom is -0.267 e. The van der Waals surface area contributed by atoms with Crippen molar-refractivity contribution in [1.29, 1.82) is 0 Å². The molecule has 0 bridgehead atoms. The lowest BCUT2D eigenvalue weighted by Crippen LogP contribution is -2.07. The first kappa shape index (κ1) is 14.1. The Bertz CT molecular complexity index is 793. The average molecular weight is 355 g/mol. The average Bonchev–Trinajstić information content (AvgIpc) is 2.82. The smallest absolute Gasteiger partial charge is 0.267 e. The van der Waals surface area contributed by atoms with Crippen molar-refractivity contribution in [3.05, 3.63) is 64.3 Å². The number of hydrogen-bond donors (Lipinski definition) is 0. The second kappa shape index (κ2) is 5.18. The monoisotopic (exact) mass is 354 g/mol. The summed E-state index contributed by atoms with van der Waals surface area (Å²) in [6.45, 7) is 0.297. The van der Waals surface area contributed by atoms with Gasteiger partial charge in [-0.1, -0.05) is 34.1 Å². The van der Waals surface area contributed by atoms with Gasteiger partial charge in [0, 0.05) is 16.1 Å². The molecule has 0 radical (unpaired) electrons. The molecule has 21 heavy (non-hydrogen) atoms. The van der Waals surface area contributed by atoms with Crippen LogP contribution < -0.4 is 0 Å². The molecule has 6 heteroatoms. The van der Waals surface area contributed by atoms with Gasteiger partial charge in [-0.25, -0.2) is 0 Å². The highest BCUT2D eigenvalue weighted by atomic mass is 79.9. The van der Waals surface area contributed by atoms with Crippen molar-refractivity contribution in [2.45, 2.75) is 12.7 Å². The van der Waals surface area contributed by atoms with E-state index in [1.165, 1.54) is 6.07 Å². The third-order valence-corrected chi connectivity index (χ3v) is 3.83. The predicted octanol–water partition coefficient (Wildman–Crippen LogP) is 4.87. The van der Waals surface area contributed by atoms with Crippen molar-refractivity contribution >= 4 is 26.8 Å². The van der Waals surface area contributed by atoms with Crippen LogP contribution in [0, 0.1) is 0 Å². The molecule has 0 spiro atoms. The first-order valence-electron chi connectivity index (χ1n) is 6.21. The van der Waals surface area contributed by atoms with Crippen LogP contribution in [-0.4, -0.2) is 9.78 Å². The summed E-state index contributed by atoms with van der Waals surface area (Å²) < 4.78 is 40.7. The van der Waals surface area contributed by atoms with E-state index < -0.39 is 11.7 Å². The topological polar surface area (TPSA) is 17.8 Å². The maximum Gasteiger partial charge on any atom is 0.416 e. The Balaban J connectivity index is 1.93. The molecular weight excluding hydrogens is 345 g/mol. The molecule has 0 aliphatic carbocycles. The van der Waals surface area contributed by atoms with E-state index in [-0.39, 0.29) is 0 Å². The molecule has 0 aliphatic heterocycles. The lowest BCUT2D eigenvalue weighted by Gasteiger charge is -2.08. The second-order valence-corrected chi connectivity index (χ2v) is 5.55. The van der Waals surface area contributed by atoms with Gasteiger partial charge in [0.15, 0.2) is 0 Å². The van der Waals surface area contributed by atoms with Crippen molar-refractivity contribution in [3.63, 3.8) is 0 Å². The van der Waals surface area contributed by atoms with Crippen LogP contribution in [-0.2, 0) is 12.7 Å². The Labute approximate surface area is 127 Å². The van der Waals surface area contributed by atoms with Gasteiger partial charge in [-0.15, -0.1) is 0 Å². The Morgan fingerprint density at radius 2 is 1.86 bits per heavy atom. The van der Waals surface area contributed by atoms with Gasteiger partial charge < -0.3 is 0 Å². The SMILES string of the molecule is FC(F)(F)c1cccc(Cn2cc3c(Br)cccc3n2)c1. The van der Waals surface area contributed by atoms with Gasteiger partial charge in [0.05, 0.1) is 17.6 Å². The standard InChI is InChI=1S/C15H10BrF3N2/c16-13-5-2-6-14-12(13)9-21(20-14)8-10-3-1-4-11(7-10)15(17,18)19/h1-7,9H,8H2. The summed E-state index contributed by atoms with van der Waals surface area (Å²) in [5.41, 5.74) is 0.725. The molecular formula is C15H10BrF3N2. The summed E-state index contributed by atoms with van der Waals surface area (Å²) in [4.78, 5) is 0. The molecule has 0 amide bonds. The van der Waals surface area contributed by atoms with Crippen LogP contribution in [0.25, 0.3) is 10.9 Å². The molecule has 0 saturated heterocycles. The number of nitrogens with zero attached hydrogens (tertiary/aromatic N) is 2. The van der Waals surface area contributed by atoms with Crippen LogP contribution >= 0.6 is 15.9 Å². The Morgan fingerprint density at radius 1 is 1.10 bits per heavy atom. The second-order valence-electron chi connectivity index (χ2n) is 4.70. The zero-order valence-electron chi connectivity index (χ0n) is 10.7. The molecule has 2 nitrogen and oxygen atoms in total. The van der Waals surface area contributed by atoms with E-state index in [1.54, 1.807) is 10.7 Å². The normalized spacial score (nSPS) is 12.0. The fraction of sp³-hybridized carbons (Fsp3) is 0.133. The quantitative estimate of drug-likeness (QED) is 0.642. The molecule has 108 valence electrons. The van der Waals surface area contributed by atoms with Crippen LogP contribution in [0.5, 0.6) is 0 Å². The number of hydrogen-bond acceptors (Lipinski definition) is 1. The van der Waals surface area contributed by atoms with Gasteiger partial charge in [-0.3, -0.25) is 4.68 Å². The zero-order valence-corrected chi connectivity index (χ0v) is 12.3. The van der Waals surface area contributed by atoms with Crippen LogP contribution in [0.1, 0.15) is 11.1 Å². The van der Waals surface area contributed by atoms with Gasteiger partial charge >= 0.3 is 6.18 Å². The molecule has 1 aromatic heterocycles. The minimum atomic E-state index is -4.33. The summed E-state index contributed by atoms with van der Waals surface area (Å²) in [5, 5.41) is 5.30. The number of alkyl halides is 3. The van der Waals surface area contributed by atoms with Crippen molar-refractivity contribution in [1.82, 2.24) is 9.78 Å². The van der Waals surface area contributed by atoms with E-state index in [0.717, 1.165) is 27.5 Å². The molecule has 0 N–H and O–H groups in total. The lowest BCUT2D eigenvalue weighted by molar-refractivity contribution is -0.137. The Kier molecular flexibility index (Phi) is 3.49. The van der Waals surface area contributed by atoms with E-state index in [4.69, 9.17) is 0 Å². The van der Waals surface area contributed by atoms with Crippen LogP contribution in [0.15, 0.2) is 53.1 Å². The number of rotatable bonds is 2. The maximum absolute atomic E-state index is 12.7. The van der Waals surface area contributed by atoms with Crippen molar-refractivity contribution < 1.29 is 13.2 Å². The van der Waals surface area contributed by atoms with Gasteiger partial charge in [0.1, 0.15) is 0 Å². The van der Waals surface area contributed by atoms with Gasteiger partial charge in [-0.05, 0) is 29.8 Å². The highest BCUT2D eigenvalue weighted by Crippen LogP contribution is 2.30. The summed E-state index contributed by atoms with van der Waals surface area (Å²) >= 11 is 3.43. The van der Waals surface area contributed by atoms with E-state index in [0.29, 0.717) is 12.1 Å². The fourth-order valence-electron chi connectivity index (χ4n) is 2.17. The largest absolute Gasteiger partial charge is 0.416 e. The number of fused-ring (bicyclic) bond motifs is 1. The fourth-order valence-corrected chi connectivity index (χ4v) is 2.63. The molecule has 3 rings (SSSR count). The highest BCUT2D eigenvalue weighted by Gasteiger charge is 2.30. The highest BCUT2D eigenvalue weighted by molar-refractivity contribution is 9.10. The summed E-state index contributed by atoms with van der Waals surface area (Å²) in [5.74, 6) is 0. The molecule has 2 aromatic carbocycles. The van der Waals surface area contributed by atoms with E-state index in [2.05, 4.69) is 21.0 Å². The van der Waals surface area contributed by atoms with Gasteiger partial charge in [-0.2, -0.15) is 18.3 Å². The molecule has 0 fully saturated rings. The number of benzene rings is 2. The molecule has 0 saturated carbocycles. The molecule has 3 aromatic rings. The van der Waals surface area contributed by atoms with Crippen molar-refractivity contribution in [3.8, 4) is 0 Å². The minimum absolute atomic E-state index is 0.297. The zero-order chi connectivity index (χ0) is 15.0. The Morgan fingerprint density at radius 3 is 2.57 bits per heavy atom. The van der Waals surface area contributed by atoms with Gasteiger partial charge in [0.2, 0.25) is 0 Å². The Hall–Kier alpha value is -1.82. The third-order valence-electron chi connectivity index (χ3n) is 3.14. The lowest BCUT2D eigenvalue weighted by atomic mass is 10.1. The number of halogens is 4. The van der Waals surface area contributed by atoms with E-state index >= 15 is 0 Å². The molecule has 0 atom stereocenters. The van der Waals surface area contributed by atoms with Crippen LogP contribution in [0.4, 0.5) is 13.2 Å². The summed E-state index contributed by atoms with van der Waals surface area (Å²) in [6.07, 6.45) is -2.51. The maximum atomic E-state index is 12.7. The molecule has 0 unspecified atom stereocenters. The first-order valence-corrected chi connectivity index (χ1v) is 7.00. The van der Waals surface area contributed by atoms with E-state index in [1.807, 2.05) is 24.4 Å². The summed E-state index contributed by atoms with van der Waals surface area (Å²) in [6, 6.07) is 10.9. The molecule has 0 aliphatic rings. The van der Waals surface area contributed by atoms with Crippen molar-refractivity contribution in [2.75, 3.05) is 0 Å². The summed E-state index contributed by atoms with van der Waals surface area (Å²) in [7, 11) is 0.